The maximum atomic E-state index is 11.0. The smallest absolute Gasteiger partial charge is 0.355 e. The van der Waals surface area contributed by atoms with Gasteiger partial charge >= 0.3 is 5.97 Å². The number of hydrogen-bond acceptors (Lipinski definition) is 5. The summed E-state index contributed by atoms with van der Waals surface area (Å²) in [4.78, 5) is 17.3. The molecular weight excluding hydrogens is 360 g/mol. The molecule has 1 N–H and O–H groups in total. The van der Waals surface area contributed by atoms with Crippen LogP contribution in [-0.2, 0) is 6.42 Å². The third kappa shape index (κ3) is 6.05. The lowest BCUT2D eigenvalue weighted by atomic mass is 10.2. The van der Waals surface area contributed by atoms with Gasteiger partial charge in [-0.05, 0) is 45.1 Å². The number of aromatic nitrogens is 1. The molecule has 0 spiro atoms. The van der Waals surface area contributed by atoms with Gasteiger partial charge in [-0.1, -0.05) is 23.4 Å². The molecule has 132 valence electrons. The number of nitrogens with zero attached hydrogens (tertiary/aromatic N) is 2. The SMILES string of the molecule is [2H]C(C#Cc1ccc(OCCCc2scnc2C(=O)O)c(Cl)c1)N(C)C. The van der Waals surface area contributed by atoms with E-state index in [1.807, 2.05) is 0 Å². The lowest BCUT2D eigenvalue weighted by Gasteiger charge is -2.08. The van der Waals surface area contributed by atoms with Crippen LogP contribution in [0.5, 0.6) is 5.75 Å². The Balaban J connectivity index is 1.88. The first kappa shape index (κ1) is 17.7. The molecule has 1 heterocycles. The second-order valence-electron chi connectivity index (χ2n) is 5.39. The van der Waals surface area contributed by atoms with Crippen molar-refractivity contribution in [2.24, 2.45) is 0 Å². The van der Waals surface area contributed by atoms with Crippen LogP contribution >= 0.6 is 22.9 Å². The third-order valence-electron chi connectivity index (χ3n) is 3.12. The molecule has 1 unspecified atom stereocenters. The number of aryl methyl sites for hydroxylation is 1. The monoisotopic (exact) mass is 379 g/mol. The Morgan fingerprint density at radius 1 is 1.52 bits per heavy atom. The van der Waals surface area contributed by atoms with Crippen LogP contribution in [0.4, 0.5) is 0 Å². The van der Waals surface area contributed by atoms with Gasteiger partial charge in [0.15, 0.2) is 5.69 Å². The van der Waals surface area contributed by atoms with Gasteiger partial charge in [0.1, 0.15) is 5.75 Å². The van der Waals surface area contributed by atoms with E-state index in [2.05, 4.69) is 16.8 Å². The van der Waals surface area contributed by atoms with Gasteiger partial charge in [-0.25, -0.2) is 9.78 Å². The summed E-state index contributed by atoms with van der Waals surface area (Å²) in [6.07, 6.45) is 1.24. The topological polar surface area (TPSA) is 62.7 Å². The Labute approximate surface area is 157 Å². The first-order valence-corrected chi connectivity index (χ1v) is 8.82. The average Bonchev–Trinajstić information content (AvgIpc) is 3.06. The largest absolute Gasteiger partial charge is 0.492 e. The third-order valence-corrected chi connectivity index (χ3v) is 4.31. The fraction of sp³-hybridized carbons (Fsp3) is 0.333. The van der Waals surface area contributed by atoms with Gasteiger partial charge < -0.3 is 9.84 Å². The summed E-state index contributed by atoms with van der Waals surface area (Å²) in [6, 6.07) is 5.25. The molecule has 0 bridgehead atoms. The summed E-state index contributed by atoms with van der Waals surface area (Å²) in [7, 11) is 3.59. The maximum Gasteiger partial charge on any atom is 0.355 e. The zero-order chi connectivity index (χ0) is 19.1. The predicted octanol–water partition coefficient (Wildman–Crippen LogP) is 3.42. The van der Waals surface area contributed by atoms with E-state index >= 15 is 0 Å². The summed E-state index contributed by atoms with van der Waals surface area (Å²) in [5.74, 6) is 5.28. The molecule has 0 saturated heterocycles. The number of benzene rings is 1. The Morgan fingerprint density at radius 3 is 3.00 bits per heavy atom. The molecule has 25 heavy (non-hydrogen) atoms. The molecule has 7 heteroatoms. The van der Waals surface area contributed by atoms with Gasteiger partial charge in [0.25, 0.3) is 0 Å². The summed E-state index contributed by atoms with van der Waals surface area (Å²) in [6.45, 7) is -0.177. The van der Waals surface area contributed by atoms with Gasteiger partial charge in [-0.2, -0.15) is 0 Å². The zero-order valence-electron chi connectivity index (χ0n) is 15.0. The van der Waals surface area contributed by atoms with Gasteiger partial charge in [0.2, 0.25) is 0 Å². The van der Waals surface area contributed by atoms with Crippen molar-refractivity contribution in [1.29, 1.82) is 0 Å². The molecule has 0 amide bonds. The van der Waals surface area contributed by atoms with E-state index < -0.39 is 12.5 Å². The van der Waals surface area contributed by atoms with E-state index in [1.54, 1.807) is 37.2 Å². The molecule has 0 fully saturated rings. The minimum atomic E-state index is -1.01. The van der Waals surface area contributed by atoms with Crippen molar-refractivity contribution in [2.75, 3.05) is 27.2 Å². The summed E-state index contributed by atoms with van der Waals surface area (Å²) in [5.41, 5.74) is 2.37. The highest BCUT2D eigenvalue weighted by Gasteiger charge is 2.13. The molecule has 2 rings (SSSR count). The van der Waals surface area contributed by atoms with Crippen molar-refractivity contribution in [1.82, 2.24) is 9.88 Å². The minimum absolute atomic E-state index is 0.112. The predicted molar refractivity (Wildman–Crippen MR) is 99.8 cm³/mol. The van der Waals surface area contributed by atoms with Crippen molar-refractivity contribution in [3.63, 3.8) is 0 Å². The lowest BCUT2D eigenvalue weighted by molar-refractivity contribution is 0.0690. The van der Waals surface area contributed by atoms with E-state index in [-0.39, 0.29) is 5.69 Å². The molecule has 0 aliphatic rings. The Kier molecular flexibility index (Phi) is 6.69. The van der Waals surface area contributed by atoms with Gasteiger partial charge in [-0.15, -0.1) is 11.3 Å². The van der Waals surface area contributed by atoms with Crippen LogP contribution in [0.25, 0.3) is 0 Å². The maximum absolute atomic E-state index is 11.0. The van der Waals surface area contributed by atoms with Gasteiger partial charge in [-0.3, -0.25) is 4.90 Å². The first-order valence-electron chi connectivity index (χ1n) is 8.14. The van der Waals surface area contributed by atoms with E-state index in [4.69, 9.17) is 22.8 Å². The Bertz CT molecular complexity index is 829. The molecule has 0 aliphatic carbocycles. The number of ether oxygens (including phenoxy) is 1. The quantitative estimate of drug-likeness (QED) is 0.590. The van der Waals surface area contributed by atoms with Crippen molar-refractivity contribution in [3.8, 4) is 17.6 Å². The molecule has 1 atom stereocenters. The molecule has 0 saturated carbocycles. The first-order chi connectivity index (χ1) is 12.4. The molecule has 1 aromatic carbocycles. The number of carboxylic acids is 1. The van der Waals surface area contributed by atoms with E-state index in [0.29, 0.717) is 30.2 Å². The molecule has 5 nitrogen and oxygen atoms in total. The molecule has 0 radical (unpaired) electrons. The number of aromatic carboxylic acids is 1. The van der Waals surface area contributed by atoms with Crippen LogP contribution in [0.3, 0.4) is 0 Å². The fourth-order valence-electron chi connectivity index (χ4n) is 1.98. The second-order valence-corrected chi connectivity index (χ2v) is 6.74. The van der Waals surface area contributed by atoms with E-state index in [9.17, 15) is 4.79 Å². The van der Waals surface area contributed by atoms with Gasteiger partial charge in [0.05, 0.1) is 25.0 Å². The number of hydrogen-bond donors (Lipinski definition) is 1. The van der Waals surface area contributed by atoms with Crippen molar-refractivity contribution < 1.29 is 16.0 Å². The van der Waals surface area contributed by atoms with Crippen LogP contribution in [0, 0.1) is 11.8 Å². The number of halogens is 1. The number of thiazole rings is 1. The average molecular weight is 380 g/mol. The lowest BCUT2D eigenvalue weighted by Crippen LogP contribution is -2.10. The number of carbonyl (C=O) groups is 1. The van der Waals surface area contributed by atoms with Crippen molar-refractivity contribution in [2.45, 2.75) is 12.8 Å². The Hall–Kier alpha value is -2.07. The van der Waals surface area contributed by atoms with Crippen LogP contribution in [-0.4, -0.2) is 48.2 Å². The van der Waals surface area contributed by atoms with Crippen LogP contribution in [0.1, 0.15) is 28.7 Å². The zero-order valence-corrected chi connectivity index (χ0v) is 15.5. The summed E-state index contributed by atoms with van der Waals surface area (Å²) >= 11 is 7.55. The van der Waals surface area contributed by atoms with Crippen LogP contribution < -0.4 is 4.74 Å². The highest BCUT2D eigenvalue weighted by molar-refractivity contribution is 7.09. The molecular formula is C18H19ClN2O3S. The van der Waals surface area contributed by atoms with E-state index in [0.717, 1.165) is 10.4 Å². The second kappa shape index (κ2) is 9.42. The van der Waals surface area contributed by atoms with Crippen molar-refractivity contribution >= 4 is 28.9 Å². The standard InChI is InChI=1S/C18H19ClN2O3S/c1-21(2)9-3-5-13-7-8-15(14(19)11-13)24-10-4-6-16-17(18(22)23)20-12-25-16/h7-8,11-12H,4,6,9-10H2,1-2H3,(H,22,23)/i9D. The molecule has 0 aliphatic heterocycles. The van der Waals surface area contributed by atoms with Crippen LogP contribution in [0.2, 0.25) is 5.02 Å². The normalized spacial score (nSPS) is 12.2. The fourth-order valence-corrected chi connectivity index (χ4v) is 3.01. The summed E-state index contributed by atoms with van der Waals surface area (Å²) in [5, 5.41) is 9.48. The minimum Gasteiger partial charge on any atom is -0.492 e. The van der Waals surface area contributed by atoms with Crippen LogP contribution in [0.15, 0.2) is 23.7 Å². The van der Waals surface area contributed by atoms with Crippen molar-refractivity contribution in [3.05, 3.63) is 44.9 Å². The van der Waals surface area contributed by atoms with Gasteiger partial charge in [0, 0.05) is 10.4 Å². The Morgan fingerprint density at radius 2 is 2.32 bits per heavy atom. The number of carboxylic acid groups (broad SMARTS) is 1. The number of rotatable bonds is 7. The summed E-state index contributed by atoms with van der Waals surface area (Å²) < 4.78 is 13.4. The van der Waals surface area contributed by atoms with E-state index in [1.165, 1.54) is 16.8 Å². The molecule has 2 aromatic rings. The highest BCUT2D eigenvalue weighted by atomic mass is 35.5. The molecule has 1 aromatic heterocycles. The highest BCUT2D eigenvalue weighted by Crippen LogP contribution is 2.25.